The van der Waals surface area contributed by atoms with E-state index in [1.165, 1.54) is 12.8 Å². The standard InChI is InChI=1S/C22H24N4O2/c27-22(19-14-16-6-1-2-7-18(16)24-19)26-13-9-17(15-26)28-20-8-5-10-23-21(20)25-11-3-4-12-25/h1-2,5-8,10,14,17,24H,3-4,9,11-13,15H2/t17-/m1/s1. The molecule has 0 spiro atoms. The van der Waals surface area contributed by atoms with Crippen LogP contribution in [0, 0.1) is 0 Å². The topological polar surface area (TPSA) is 61.5 Å². The van der Waals surface area contributed by atoms with Gasteiger partial charge in [0.05, 0.1) is 6.54 Å². The molecule has 1 atom stereocenters. The fraction of sp³-hybridized carbons (Fsp3) is 0.364. The molecule has 6 nitrogen and oxygen atoms in total. The van der Waals surface area contributed by atoms with E-state index in [1.54, 1.807) is 0 Å². The molecule has 2 aliphatic heterocycles. The Morgan fingerprint density at radius 1 is 1.11 bits per heavy atom. The minimum absolute atomic E-state index is 0.00104. The summed E-state index contributed by atoms with van der Waals surface area (Å²) in [5, 5.41) is 1.06. The van der Waals surface area contributed by atoms with Crippen LogP contribution >= 0.6 is 0 Å². The summed E-state index contributed by atoms with van der Waals surface area (Å²) in [6.07, 6.45) is 5.05. The number of nitrogens with zero attached hydrogens (tertiary/aromatic N) is 3. The number of pyridine rings is 1. The molecule has 3 aromatic rings. The van der Waals surface area contributed by atoms with Gasteiger partial charge in [-0.25, -0.2) is 4.98 Å². The zero-order valence-corrected chi connectivity index (χ0v) is 15.8. The first-order chi connectivity index (χ1) is 13.8. The summed E-state index contributed by atoms with van der Waals surface area (Å²) < 4.78 is 6.29. The zero-order chi connectivity index (χ0) is 18.9. The lowest BCUT2D eigenvalue weighted by Crippen LogP contribution is -2.31. The minimum atomic E-state index is -0.00104. The molecule has 1 amide bonds. The molecule has 144 valence electrons. The predicted molar refractivity (Wildman–Crippen MR) is 109 cm³/mol. The Hall–Kier alpha value is -3.02. The molecule has 28 heavy (non-hydrogen) atoms. The Kier molecular flexibility index (Phi) is 4.39. The molecule has 1 N–H and O–H groups in total. The van der Waals surface area contributed by atoms with E-state index in [2.05, 4.69) is 14.9 Å². The number of carbonyl (C=O) groups excluding carboxylic acids is 1. The van der Waals surface area contributed by atoms with Gasteiger partial charge in [0.15, 0.2) is 11.6 Å². The fourth-order valence-corrected chi connectivity index (χ4v) is 4.19. The molecule has 0 saturated carbocycles. The maximum atomic E-state index is 12.9. The van der Waals surface area contributed by atoms with E-state index in [0.29, 0.717) is 18.8 Å². The van der Waals surface area contributed by atoms with E-state index < -0.39 is 0 Å². The minimum Gasteiger partial charge on any atom is -0.485 e. The third-order valence-corrected chi connectivity index (χ3v) is 5.64. The van der Waals surface area contributed by atoms with Gasteiger partial charge in [0.2, 0.25) is 0 Å². The number of H-pyrrole nitrogens is 1. The number of likely N-dealkylation sites (tertiary alicyclic amines) is 1. The first-order valence-corrected chi connectivity index (χ1v) is 10.0. The van der Waals surface area contributed by atoms with Crippen molar-refractivity contribution in [2.24, 2.45) is 0 Å². The number of benzene rings is 1. The van der Waals surface area contributed by atoms with Crippen LogP contribution in [0.5, 0.6) is 5.75 Å². The number of para-hydroxylation sites is 1. The third-order valence-electron chi connectivity index (χ3n) is 5.64. The molecule has 6 heteroatoms. The monoisotopic (exact) mass is 376 g/mol. The van der Waals surface area contributed by atoms with Crippen molar-refractivity contribution in [2.45, 2.75) is 25.4 Å². The molecular weight excluding hydrogens is 352 g/mol. The summed E-state index contributed by atoms with van der Waals surface area (Å²) in [7, 11) is 0. The normalized spacial score (nSPS) is 19.5. The van der Waals surface area contributed by atoms with Crippen molar-refractivity contribution in [1.82, 2.24) is 14.9 Å². The summed E-state index contributed by atoms with van der Waals surface area (Å²) in [4.78, 5) is 24.9. The number of aromatic nitrogens is 2. The fourth-order valence-electron chi connectivity index (χ4n) is 4.19. The van der Waals surface area contributed by atoms with Crippen LogP contribution in [0.25, 0.3) is 10.9 Å². The Labute approximate surface area is 164 Å². The van der Waals surface area contributed by atoms with Crippen molar-refractivity contribution in [2.75, 3.05) is 31.1 Å². The van der Waals surface area contributed by atoms with Gasteiger partial charge in [-0.1, -0.05) is 18.2 Å². The lowest BCUT2D eigenvalue weighted by atomic mass is 10.2. The summed E-state index contributed by atoms with van der Waals surface area (Å²) in [5.41, 5.74) is 1.63. The average Bonchev–Trinajstić information content (AvgIpc) is 3.48. The lowest BCUT2D eigenvalue weighted by molar-refractivity contribution is 0.0767. The number of fused-ring (bicyclic) bond motifs is 1. The molecule has 5 rings (SSSR count). The highest BCUT2D eigenvalue weighted by molar-refractivity contribution is 5.98. The van der Waals surface area contributed by atoms with Crippen molar-refractivity contribution in [3.05, 3.63) is 54.4 Å². The van der Waals surface area contributed by atoms with Gasteiger partial charge in [-0.05, 0) is 37.1 Å². The molecule has 1 aromatic carbocycles. The van der Waals surface area contributed by atoms with Crippen molar-refractivity contribution in [1.29, 1.82) is 0 Å². The molecule has 4 heterocycles. The van der Waals surface area contributed by atoms with Crippen LogP contribution < -0.4 is 9.64 Å². The van der Waals surface area contributed by atoms with Gasteiger partial charge in [0.25, 0.3) is 5.91 Å². The van der Waals surface area contributed by atoms with E-state index in [0.717, 1.165) is 42.0 Å². The first-order valence-electron chi connectivity index (χ1n) is 10.0. The van der Waals surface area contributed by atoms with Crippen molar-refractivity contribution < 1.29 is 9.53 Å². The van der Waals surface area contributed by atoms with Gasteiger partial charge in [-0.2, -0.15) is 0 Å². The highest BCUT2D eigenvalue weighted by Gasteiger charge is 2.30. The summed E-state index contributed by atoms with van der Waals surface area (Å²) >= 11 is 0. The first kappa shape index (κ1) is 17.1. The second-order valence-corrected chi connectivity index (χ2v) is 7.57. The second kappa shape index (κ2) is 7.19. The lowest BCUT2D eigenvalue weighted by Gasteiger charge is -2.22. The highest BCUT2D eigenvalue weighted by atomic mass is 16.5. The number of anilines is 1. The molecule has 2 aliphatic rings. The molecular formula is C22H24N4O2. The summed E-state index contributed by atoms with van der Waals surface area (Å²) in [5.74, 6) is 1.79. The molecule has 0 aliphatic carbocycles. The number of hydrogen-bond acceptors (Lipinski definition) is 4. The smallest absolute Gasteiger partial charge is 0.270 e. The molecule has 2 aromatic heterocycles. The summed E-state index contributed by atoms with van der Waals surface area (Å²) in [6.45, 7) is 3.37. The van der Waals surface area contributed by atoms with E-state index >= 15 is 0 Å². The van der Waals surface area contributed by atoms with Crippen LogP contribution in [-0.2, 0) is 0 Å². The van der Waals surface area contributed by atoms with Gasteiger partial charge in [-0.15, -0.1) is 0 Å². The number of ether oxygens (including phenoxy) is 1. The van der Waals surface area contributed by atoms with Gasteiger partial charge >= 0.3 is 0 Å². The number of aromatic amines is 1. The van der Waals surface area contributed by atoms with E-state index in [4.69, 9.17) is 4.74 Å². The van der Waals surface area contributed by atoms with Crippen LogP contribution in [0.1, 0.15) is 29.8 Å². The van der Waals surface area contributed by atoms with Crippen LogP contribution in [0.4, 0.5) is 5.82 Å². The molecule has 2 fully saturated rings. The number of nitrogens with one attached hydrogen (secondary N) is 1. The summed E-state index contributed by atoms with van der Waals surface area (Å²) in [6, 6.07) is 13.8. The maximum Gasteiger partial charge on any atom is 0.270 e. The quantitative estimate of drug-likeness (QED) is 0.758. The molecule has 0 bridgehead atoms. The Morgan fingerprint density at radius 3 is 2.82 bits per heavy atom. The largest absolute Gasteiger partial charge is 0.485 e. The second-order valence-electron chi connectivity index (χ2n) is 7.57. The van der Waals surface area contributed by atoms with Crippen molar-refractivity contribution >= 4 is 22.6 Å². The van der Waals surface area contributed by atoms with Gasteiger partial charge < -0.3 is 19.5 Å². The third kappa shape index (κ3) is 3.19. The average molecular weight is 376 g/mol. The van der Waals surface area contributed by atoms with Gasteiger partial charge in [-0.3, -0.25) is 4.79 Å². The highest BCUT2D eigenvalue weighted by Crippen LogP contribution is 2.30. The zero-order valence-electron chi connectivity index (χ0n) is 15.8. The van der Waals surface area contributed by atoms with Crippen molar-refractivity contribution in [3.8, 4) is 5.75 Å². The van der Waals surface area contributed by atoms with E-state index in [1.807, 2.05) is 53.6 Å². The van der Waals surface area contributed by atoms with Crippen LogP contribution in [-0.4, -0.2) is 53.1 Å². The Morgan fingerprint density at radius 2 is 1.96 bits per heavy atom. The van der Waals surface area contributed by atoms with Crippen LogP contribution in [0.15, 0.2) is 48.7 Å². The molecule has 0 radical (unpaired) electrons. The van der Waals surface area contributed by atoms with Crippen molar-refractivity contribution in [3.63, 3.8) is 0 Å². The number of rotatable bonds is 4. The number of carbonyl (C=O) groups is 1. The van der Waals surface area contributed by atoms with Gasteiger partial charge in [0, 0.05) is 43.2 Å². The van der Waals surface area contributed by atoms with E-state index in [-0.39, 0.29) is 12.0 Å². The Bertz CT molecular complexity index is 960. The Balaban J connectivity index is 1.28. The number of hydrogen-bond donors (Lipinski definition) is 1. The number of amides is 1. The van der Waals surface area contributed by atoms with E-state index in [9.17, 15) is 4.79 Å². The molecule has 2 saturated heterocycles. The molecule has 0 unspecified atom stereocenters. The maximum absolute atomic E-state index is 12.9. The predicted octanol–water partition coefficient (Wildman–Crippen LogP) is 3.46. The van der Waals surface area contributed by atoms with Crippen LogP contribution in [0.3, 0.4) is 0 Å². The SMILES string of the molecule is O=C(c1cc2ccccc2[nH]1)N1CC[C@@H](Oc2cccnc2N2CCCC2)C1. The van der Waals surface area contributed by atoms with Crippen LogP contribution in [0.2, 0.25) is 0 Å². The van der Waals surface area contributed by atoms with Gasteiger partial charge in [0.1, 0.15) is 11.8 Å².